The van der Waals surface area contributed by atoms with E-state index in [9.17, 15) is 0 Å². The summed E-state index contributed by atoms with van der Waals surface area (Å²) in [6.45, 7) is 7.41. The molecule has 0 bridgehead atoms. The smallest absolute Gasteiger partial charge is 0.168 e. The van der Waals surface area contributed by atoms with E-state index >= 15 is 0 Å². The first-order valence-corrected chi connectivity index (χ1v) is 5.22. The van der Waals surface area contributed by atoms with E-state index in [2.05, 4.69) is 13.5 Å². The average Bonchev–Trinajstić information content (AvgIpc) is 2.61. The van der Waals surface area contributed by atoms with Gasteiger partial charge in [0.2, 0.25) is 0 Å². The number of ether oxygens (including phenoxy) is 2. The van der Waals surface area contributed by atoms with Gasteiger partial charge in [-0.05, 0) is 12.8 Å². The van der Waals surface area contributed by atoms with E-state index in [-0.39, 0.29) is 5.79 Å². The SMILES string of the molecule is C=CCCC1(CCCC)OCCO1. The van der Waals surface area contributed by atoms with Gasteiger partial charge in [-0.3, -0.25) is 0 Å². The van der Waals surface area contributed by atoms with Gasteiger partial charge in [0, 0.05) is 12.8 Å². The van der Waals surface area contributed by atoms with E-state index in [4.69, 9.17) is 9.47 Å². The van der Waals surface area contributed by atoms with Crippen LogP contribution in [0.25, 0.3) is 0 Å². The van der Waals surface area contributed by atoms with E-state index in [1.165, 1.54) is 12.8 Å². The molecular formula is C11H20O2. The van der Waals surface area contributed by atoms with Gasteiger partial charge in [-0.1, -0.05) is 19.4 Å². The second-order valence-electron chi connectivity index (χ2n) is 3.54. The third-order valence-corrected chi connectivity index (χ3v) is 2.45. The monoisotopic (exact) mass is 184 g/mol. The molecule has 2 nitrogen and oxygen atoms in total. The fraction of sp³-hybridized carbons (Fsp3) is 0.818. The molecule has 0 aromatic rings. The van der Waals surface area contributed by atoms with Crippen LogP contribution in [0.5, 0.6) is 0 Å². The molecule has 2 heteroatoms. The fourth-order valence-corrected chi connectivity index (χ4v) is 1.68. The van der Waals surface area contributed by atoms with Crippen LogP contribution in [0.3, 0.4) is 0 Å². The molecule has 0 aromatic heterocycles. The molecule has 1 rings (SSSR count). The van der Waals surface area contributed by atoms with Crippen molar-refractivity contribution in [1.29, 1.82) is 0 Å². The first kappa shape index (κ1) is 10.7. The van der Waals surface area contributed by atoms with Crippen LogP contribution in [0.1, 0.15) is 39.0 Å². The Bertz CT molecular complexity index is 148. The number of hydrogen-bond acceptors (Lipinski definition) is 2. The minimum Gasteiger partial charge on any atom is -0.348 e. The second kappa shape index (κ2) is 5.40. The van der Waals surface area contributed by atoms with Crippen LogP contribution < -0.4 is 0 Å². The highest BCUT2D eigenvalue weighted by atomic mass is 16.7. The summed E-state index contributed by atoms with van der Waals surface area (Å²) in [5.74, 6) is -0.274. The Kier molecular flexibility index (Phi) is 4.46. The maximum atomic E-state index is 5.67. The molecule has 1 aliphatic heterocycles. The van der Waals surface area contributed by atoms with Crippen molar-refractivity contribution in [3.63, 3.8) is 0 Å². The zero-order valence-corrected chi connectivity index (χ0v) is 8.55. The molecule has 0 unspecified atom stereocenters. The van der Waals surface area contributed by atoms with Crippen molar-refractivity contribution in [2.45, 2.75) is 44.8 Å². The molecule has 1 fully saturated rings. The summed E-state index contributed by atoms with van der Waals surface area (Å²) in [5, 5.41) is 0. The molecule has 13 heavy (non-hydrogen) atoms. The van der Waals surface area contributed by atoms with E-state index in [0.717, 1.165) is 32.5 Å². The van der Waals surface area contributed by atoms with E-state index < -0.39 is 0 Å². The van der Waals surface area contributed by atoms with Crippen LogP contribution in [0.4, 0.5) is 0 Å². The van der Waals surface area contributed by atoms with E-state index in [0.29, 0.717) is 0 Å². The van der Waals surface area contributed by atoms with E-state index in [1.807, 2.05) is 6.08 Å². The molecule has 0 spiro atoms. The molecule has 1 aliphatic rings. The number of unbranched alkanes of at least 4 members (excludes halogenated alkanes) is 1. The van der Waals surface area contributed by atoms with Gasteiger partial charge in [0.05, 0.1) is 13.2 Å². The summed E-state index contributed by atoms with van der Waals surface area (Å²) in [4.78, 5) is 0. The lowest BCUT2D eigenvalue weighted by molar-refractivity contribution is -0.166. The topological polar surface area (TPSA) is 18.5 Å². The Morgan fingerprint density at radius 1 is 1.31 bits per heavy atom. The molecule has 0 radical (unpaired) electrons. The maximum Gasteiger partial charge on any atom is 0.168 e. The zero-order valence-electron chi connectivity index (χ0n) is 8.55. The Morgan fingerprint density at radius 3 is 2.54 bits per heavy atom. The van der Waals surface area contributed by atoms with Crippen LogP contribution >= 0.6 is 0 Å². The average molecular weight is 184 g/mol. The first-order valence-electron chi connectivity index (χ1n) is 5.22. The molecule has 0 aromatic carbocycles. The van der Waals surface area contributed by atoms with Gasteiger partial charge in [-0.25, -0.2) is 0 Å². The van der Waals surface area contributed by atoms with Crippen LogP contribution in [-0.4, -0.2) is 19.0 Å². The van der Waals surface area contributed by atoms with Gasteiger partial charge in [-0.2, -0.15) is 0 Å². The first-order chi connectivity index (χ1) is 6.33. The summed E-state index contributed by atoms with van der Waals surface area (Å²) in [6.07, 6.45) is 7.26. The summed E-state index contributed by atoms with van der Waals surface area (Å²) in [6, 6.07) is 0. The van der Waals surface area contributed by atoms with Crippen molar-refractivity contribution in [2.24, 2.45) is 0 Å². The van der Waals surface area contributed by atoms with Gasteiger partial charge >= 0.3 is 0 Å². The molecule has 0 aliphatic carbocycles. The molecule has 1 saturated heterocycles. The summed E-state index contributed by atoms with van der Waals surface area (Å²) >= 11 is 0. The number of rotatable bonds is 6. The molecular weight excluding hydrogens is 164 g/mol. The number of hydrogen-bond donors (Lipinski definition) is 0. The van der Waals surface area contributed by atoms with Crippen LogP contribution in [0.2, 0.25) is 0 Å². The number of allylic oxidation sites excluding steroid dienone is 1. The second-order valence-corrected chi connectivity index (χ2v) is 3.54. The highest BCUT2D eigenvalue weighted by Crippen LogP contribution is 2.30. The third kappa shape index (κ3) is 3.12. The quantitative estimate of drug-likeness (QED) is 0.591. The van der Waals surface area contributed by atoms with Crippen LogP contribution in [-0.2, 0) is 9.47 Å². The highest BCUT2D eigenvalue weighted by molar-refractivity contribution is 4.79. The van der Waals surface area contributed by atoms with Gasteiger partial charge in [-0.15, -0.1) is 6.58 Å². The van der Waals surface area contributed by atoms with E-state index in [1.54, 1.807) is 0 Å². The zero-order chi connectivity index (χ0) is 9.57. The molecule has 76 valence electrons. The molecule has 0 saturated carbocycles. The summed E-state index contributed by atoms with van der Waals surface area (Å²) in [7, 11) is 0. The van der Waals surface area contributed by atoms with Crippen molar-refractivity contribution in [2.75, 3.05) is 13.2 Å². The lowest BCUT2D eigenvalue weighted by Crippen LogP contribution is -2.29. The summed E-state index contributed by atoms with van der Waals surface area (Å²) < 4.78 is 11.3. The van der Waals surface area contributed by atoms with Gasteiger partial charge in [0.1, 0.15) is 0 Å². The predicted molar refractivity (Wildman–Crippen MR) is 53.6 cm³/mol. The van der Waals surface area contributed by atoms with Crippen molar-refractivity contribution in [1.82, 2.24) is 0 Å². The highest BCUT2D eigenvalue weighted by Gasteiger charge is 2.34. The predicted octanol–water partition coefficient (Wildman–Crippen LogP) is 2.89. The van der Waals surface area contributed by atoms with Gasteiger partial charge < -0.3 is 9.47 Å². The lowest BCUT2D eigenvalue weighted by Gasteiger charge is -2.26. The Balaban J connectivity index is 2.37. The standard InChI is InChI=1S/C11H20O2/c1-3-5-7-11(8-6-4-2)12-9-10-13-11/h3H,1,4-10H2,2H3. The molecule has 0 amide bonds. The third-order valence-electron chi connectivity index (χ3n) is 2.45. The fourth-order valence-electron chi connectivity index (χ4n) is 1.68. The maximum absolute atomic E-state index is 5.67. The Labute approximate surface area is 80.9 Å². The van der Waals surface area contributed by atoms with Gasteiger partial charge in [0.25, 0.3) is 0 Å². The lowest BCUT2D eigenvalue weighted by atomic mass is 10.0. The largest absolute Gasteiger partial charge is 0.348 e. The van der Waals surface area contributed by atoms with Crippen molar-refractivity contribution in [3.8, 4) is 0 Å². The molecule has 0 N–H and O–H groups in total. The molecule has 1 heterocycles. The van der Waals surface area contributed by atoms with Crippen molar-refractivity contribution < 1.29 is 9.47 Å². The van der Waals surface area contributed by atoms with Crippen LogP contribution in [0.15, 0.2) is 12.7 Å². The minimum absolute atomic E-state index is 0.274. The summed E-state index contributed by atoms with van der Waals surface area (Å²) in [5.41, 5.74) is 0. The normalized spacial score (nSPS) is 20.4. The van der Waals surface area contributed by atoms with Crippen molar-refractivity contribution in [3.05, 3.63) is 12.7 Å². The van der Waals surface area contributed by atoms with Gasteiger partial charge in [0.15, 0.2) is 5.79 Å². The Hall–Kier alpha value is -0.340. The Morgan fingerprint density at radius 2 is 2.00 bits per heavy atom. The van der Waals surface area contributed by atoms with Crippen LogP contribution in [0, 0.1) is 0 Å². The molecule has 0 atom stereocenters. The van der Waals surface area contributed by atoms with Crippen molar-refractivity contribution >= 4 is 0 Å². The minimum atomic E-state index is -0.274.